The van der Waals surface area contributed by atoms with Crippen LogP contribution in [-0.4, -0.2) is 51.2 Å². The lowest BCUT2D eigenvalue weighted by atomic mass is 10.4. The molecule has 0 radical (unpaired) electrons. The van der Waals surface area contributed by atoms with E-state index in [1.807, 2.05) is 6.92 Å². The molecule has 0 unspecified atom stereocenters. The molecule has 0 atom stereocenters. The van der Waals surface area contributed by atoms with Crippen molar-refractivity contribution in [1.29, 1.82) is 0 Å². The van der Waals surface area contributed by atoms with Gasteiger partial charge < -0.3 is 4.90 Å². The monoisotopic (exact) mass is 290 g/mol. The third-order valence-electron chi connectivity index (χ3n) is 2.54. The van der Waals surface area contributed by atoms with Crippen LogP contribution < -0.4 is 0 Å². The van der Waals surface area contributed by atoms with Gasteiger partial charge in [-0.3, -0.25) is 4.79 Å². The van der Waals surface area contributed by atoms with Crippen molar-refractivity contribution in [2.75, 3.05) is 27.7 Å². The summed E-state index contributed by atoms with van der Waals surface area (Å²) < 4.78 is 25.7. The van der Waals surface area contributed by atoms with Crippen molar-refractivity contribution in [2.24, 2.45) is 0 Å². The van der Waals surface area contributed by atoms with Gasteiger partial charge in [0.15, 0.2) is 0 Å². The Morgan fingerprint density at radius 3 is 2.22 bits per heavy atom. The van der Waals surface area contributed by atoms with Crippen molar-refractivity contribution in [3.8, 4) is 0 Å². The average molecular weight is 290 g/mol. The van der Waals surface area contributed by atoms with Crippen LogP contribution >= 0.6 is 11.3 Å². The quantitative estimate of drug-likeness (QED) is 0.833. The Hall–Kier alpha value is -0.920. The molecule has 0 saturated heterocycles. The Kier molecular flexibility index (Phi) is 4.52. The first-order chi connectivity index (χ1) is 8.16. The van der Waals surface area contributed by atoms with Crippen LogP contribution in [0.25, 0.3) is 0 Å². The second kappa shape index (κ2) is 5.38. The smallest absolute Gasteiger partial charge is 0.244 e. The lowest BCUT2D eigenvalue weighted by Gasteiger charge is -2.18. The third-order valence-corrected chi connectivity index (χ3v) is 5.57. The molecule has 0 aliphatic rings. The summed E-state index contributed by atoms with van der Waals surface area (Å²) in [7, 11) is 1.04. The number of carbonyl (C=O) groups is 1. The zero-order valence-corrected chi connectivity index (χ0v) is 12.9. The Labute approximate surface area is 112 Å². The van der Waals surface area contributed by atoms with Crippen LogP contribution in [0.5, 0.6) is 0 Å². The maximum atomic E-state index is 12.3. The lowest BCUT2D eigenvalue weighted by Crippen LogP contribution is -2.37. The molecule has 0 spiro atoms. The van der Waals surface area contributed by atoms with Gasteiger partial charge >= 0.3 is 0 Å². The van der Waals surface area contributed by atoms with Crippen molar-refractivity contribution < 1.29 is 13.2 Å². The lowest BCUT2D eigenvalue weighted by molar-refractivity contribution is -0.128. The standard InChI is InChI=1S/C11H18N2O3S2/c1-8-6-10(9(2)17-8)18(15,16)13(5)7-11(14)12(3)4/h6H,7H2,1-5H3. The van der Waals surface area contributed by atoms with E-state index in [-0.39, 0.29) is 12.5 Å². The number of nitrogens with zero attached hydrogens (tertiary/aromatic N) is 2. The van der Waals surface area contributed by atoms with E-state index in [4.69, 9.17) is 0 Å². The molecule has 0 saturated carbocycles. The average Bonchev–Trinajstić information content (AvgIpc) is 2.57. The van der Waals surface area contributed by atoms with E-state index < -0.39 is 10.0 Å². The van der Waals surface area contributed by atoms with Gasteiger partial charge in [0, 0.05) is 30.9 Å². The van der Waals surface area contributed by atoms with Crippen LogP contribution in [0.1, 0.15) is 9.75 Å². The largest absolute Gasteiger partial charge is 0.348 e. The van der Waals surface area contributed by atoms with Crippen LogP contribution in [0.15, 0.2) is 11.0 Å². The highest BCUT2D eigenvalue weighted by Gasteiger charge is 2.26. The molecule has 0 bridgehead atoms. The summed E-state index contributed by atoms with van der Waals surface area (Å²) in [6.45, 7) is 3.48. The summed E-state index contributed by atoms with van der Waals surface area (Å²) in [5.41, 5.74) is 0. The SMILES string of the molecule is Cc1cc(S(=O)(=O)N(C)CC(=O)N(C)C)c(C)s1. The summed E-state index contributed by atoms with van der Waals surface area (Å²) in [6.07, 6.45) is 0. The molecule has 0 aromatic carbocycles. The zero-order chi connectivity index (χ0) is 14.1. The maximum Gasteiger partial charge on any atom is 0.244 e. The van der Waals surface area contributed by atoms with E-state index in [9.17, 15) is 13.2 Å². The normalized spacial score (nSPS) is 11.9. The first-order valence-electron chi connectivity index (χ1n) is 5.39. The molecule has 1 heterocycles. The van der Waals surface area contributed by atoms with Crippen molar-refractivity contribution in [3.63, 3.8) is 0 Å². The second-order valence-electron chi connectivity index (χ2n) is 4.33. The number of hydrogen-bond acceptors (Lipinski definition) is 4. The van der Waals surface area contributed by atoms with E-state index in [0.29, 0.717) is 4.90 Å². The molecule has 5 nitrogen and oxygen atoms in total. The highest BCUT2D eigenvalue weighted by molar-refractivity contribution is 7.89. The molecule has 0 fully saturated rings. The molecule has 1 rings (SSSR count). The molecule has 1 amide bonds. The van der Waals surface area contributed by atoms with Crippen LogP contribution in [0.4, 0.5) is 0 Å². The fourth-order valence-corrected chi connectivity index (χ4v) is 4.09. The molecule has 1 aromatic rings. The molecule has 1 aromatic heterocycles. The van der Waals surface area contributed by atoms with Crippen molar-refractivity contribution in [1.82, 2.24) is 9.21 Å². The number of hydrogen-bond donors (Lipinski definition) is 0. The van der Waals surface area contributed by atoms with Gasteiger partial charge in [0.05, 0.1) is 11.4 Å². The Morgan fingerprint density at radius 2 is 1.83 bits per heavy atom. The number of amides is 1. The fraction of sp³-hybridized carbons (Fsp3) is 0.545. The van der Waals surface area contributed by atoms with Crippen LogP contribution in [0, 0.1) is 13.8 Å². The van der Waals surface area contributed by atoms with E-state index >= 15 is 0 Å². The van der Waals surface area contributed by atoms with Crippen LogP contribution in [0.3, 0.4) is 0 Å². The van der Waals surface area contributed by atoms with Gasteiger partial charge in [-0.05, 0) is 19.9 Å². The molecule has 18 heavy (non-hydrogen) atoms. The van der Waals surface area contributed by atoms with Crippen molar-refractivity contribution in [3.05, 3.63) is 15.8 Å². The predicted molar refractivity (Wildman–Crippen MR) is 72.3 cm³/mol. The Balaban J connectivity index is 3.00. The van der Waals surface area contributed by atoms with Crippen molar-refractivity contribution in [2.45, 2.75) is 18.7 Å². The Bertz CT molecular complexity index is 547. The number of likely N-dealkylation sites (N-methyl/N-ethyl adjacent to an activating group) is 2. The summed E-state index contributed by atoms with van der Waals surface area (Å²) in [5, 5.41) is 0. The minimum atomic E-state index is -3.58. The van der Waals surface area contributed by atoms with Gasteiger partial charge in [-0.15, -0.1) is 11.3 Å². The summed E-state index contributed by atoms with van der Waals surface area (Å²) >= 11 is 1.44. The van der Waals surface area contributed by atoms with Gasteiger partial charge in [-0.1, -0.05) is 0 Å². The number of thiophene rings is 1. The first-order valence-corrected chi connectivity index (χ1v) is 7.65. The van der Waals surface area contributed by atoms with E-state index in [0.717, 1.165) is 14.1 Å². The third kappa shape index (κ3) is 3.09. The topological polar surface area (TPSA) is 57.7 Å². The predicted octanol–water partition coefficient (Wildman–Crippen LogP) is 1.07. The van der Waals surface area contributed by atoms with Gasteiger partial charge in [-0.25, -0.2) is 8.42 Å². The molecular weight excluding hydrogens is 272 g/mol. The van der Waals surface area contributed by atoms with Crippen molar-refractivity contribution >= 4 is 27.3 Å². The number of sulfonamides is 1. The zero-order valence-electron chi connectivity index (χ0n) is 11.2. The van der Waals surface area contributed by atoms with Crippen LogP contribution in [-0.2, 0) is 14.8 Å². The molecule has 7 heteroatoms. The maximum absolute atomic E-state index is 12.3. The van der Waals surface area contributed by atoms with E-state index in [1.165, 1.54) is 23.3 Å². The van der Waals surface area contributed by atoms with Gasteiger partial charge in [0.2, 0.25) is 15.9 Å². The van der Waals surface area contributed by atoms with Gasteiger partial charge in [0.1, 0.15) is 0 Å². The molecule has 0 aliphatic carbocycles. The molecule has 0 aliphatic heterocycles. The summed E-state index contributed by atoms with van der Waals surface area (Å²) in [4.78, 5) is 14.9. The summed E-state index contributed by atoms with van der Waals surface area (Å²) in [5.74, 6) is -0.245. The molecule has 102 valence electrons. The fourth-order valence-electron chi connectivity index (χ4n) is 1.45. The Morgan fingerprint density at radius 1 is 1.28 bits per heavy atom. The summed E-state index contributed by atoms with van der Waals surface area (Å²) in [6, 6.07) is 1.64. The second-order valence-corrected chi connectivity index (χ2v) is 7.80. The van der Waals surface area contributed by atoms with E-state index in [2.05, 4.69) is 0 Å². The van der Waals surface area contributed by atoms with Gasteiger partial charge in [0.25, 0.3) is 0 Å². The first kappa shape index (κ1) is 15.1. The number of carbonyl (C=O) groups excluding carboxylic acids is 1. The highest BCUT2D eigenvalue weighted by Crippen LogP contribution is 2.26. The number of aryl methyl sites for hydroxylation is 2. The van der Waals surface area contributed by atoms with E-state index in [1.54, 1.807) is 27.1 Å². The van der Waals surface area contributed by atoms with Crippen LogP contribution in [0.2, 0.25) is 0 Å². The molecular formula is C11H18N2O3S2. The highest BCUT2D eigenvalue weighted by atomic mass is 32.2. The number of rotatable bonds is 4. The minimum Gasteiger partial charge on any atom is -0.348 e. The van der Waals surface area contributed by atoms with Gasteiger partial charge in [-0.2, -0.15) is 4.31 Å². The molecule has 0 N–H and O–H groups in total. The minimum absolute atomic E-state index is 0.149.